The van der Waals surface area contributed by atoms with Crippen LogP contribution in [-0.2, 0) is 4.74 Å². The van der Waals surface area contributed by atoms with E-state index in [0.29, 0.717) is 5.25 Å². The van der Waals surface area contributed by atoms with Crippen LogP contribution in [0.1, 0.15) is 34.1 Å². The number of alkyl carbamates (subject to hydrolysis) is 1. The molecule has 1 heterocycles. The van der Waals surface area contributed by atoms with Crippen LogP contribution >= 0.6 is 35.7 Å². The number of hydrogen-bond acceptors (Lipinski definition) is 4. The Morgan fingerprint density at radius 1 is 1.48 bits per heavy atom. The summed E-state index contributed by atoms with van der Waals surface area (Å²) in [5.74, 6) is 0.898. The molecular weight excluding hydrogens is 427 g/mol. The second kappa shape index (κ2) is 10.5. The van der Waals surface area contributed by atoms with E-state index in [-0.39, 0.29) is 36.1 Å². The number of guanidine groups is 1. The van der Waals surface area contributed by atoms with Gasteiger partial charge in [0.05, 0.1) is 6.04 Å². The van der Waals surface area contributed by atoms with Crippen LogP contribution in [0.2, 0.25) is 0 Å². The standard InChI is InChI=1S/C15H30N4O2S.HI/c1-11(22-6)9-17-13(16-5)19-8-7-12(10-19)18-14(20)21-15(2,3)4;/h11-12H,7-10H2,1-6H3,(H,16,17)(H,18,20);1H/t11?,12-;/m1./s1. The van der Waals surface area contributed by atoms with E-state index >= 15 is 0 Å². The Balaban J connectivity index is 0.00000484. The van der Waals surface area contributed by atoms with Gasteiger partial charge in [0.15, 0.2) is 5.96 Å². The van der Waals surface area contributed by atoms with Gasteiger partial charge in [-0.05, 0) is 33.4 Å². The van der Waals surface area contributed by atoms with Gasteiger partial charge < -0.3 is 20.3 Å². The van der Waals surface area contributed by atoms with E-state index in [1.54, 1.807) is 7.05 Å². The van der Waals surface area contributed by atoms with Gasteiger partial charge in [-0.15, -0.1) is 24.0 Å². The zero-order chi connectivity index (χ0) is 16.8. The lowest BCUT2D eigenvalue weighted by molar-refractivity contribution is 0.0507. The number of hydrogen-bond donors (Lipinski definition) is 2. The van der Waals surface area contributed by atoms with Crippen LogP contribution in [0, 0.1) is 0 Å². The Bertz CT molecular complexity index is 401. The van der Waals surface area contributed by atoms with Crippen molar-refractivity contribution in [3.63, 3.8) is 0 Å². The molecule has 0 aromatic rings. The largest absolute Gasteiger partial charge is 0.444 e. The normalized spacial score (nSPS) is 19.8. The number of nitrogens with zero attached hydrogens (tertiary/aromatic N) is 2. The molecule has 0 aromatic heterocycles. The first-order valence-corrected chi connectivity index (χ1v) is 9.02. The van der Waals surface area contributed by atoms with Crippen molar-refractivity contribution in [1.82, 2.24) is 15.5 Å². The maximum absolute atomic E-state index is 11.8. The first kappa shape index (κ1) is 22.6. The maximum Gasteiger partial charge on any atom is 0.407 e. The molecule has 1 aliphatic heterocycles. The van der Waals surface area contributed by atoms with Gasteiger partial charge in [-0.1, -0.05) is 6.92 Å². The van der Waals surface area contributed by atoms with E-state index < -0.39 is 5.60 Å². The van der Waals surface area contributed by atoms with Crippen molar-refractivity contribution >= 4 is 47.8 Å². The van der Waals surface area contributed by atoms with Gasteiger partial charge in [-0.3, -0.25) is 4.99 Å². The molecule has 0 radical (unpaired) electrons. The van der Waals surface area contributed by atoms with Gasteiger partial charge in [0.25, 0.3) is 0 Å². The van der Waals surface area contributed by atoms with Gasteiger partial charge >= 0.3 is 6.09 Å². The van der Waals surface area contributed by atoms with Crippen molar-refractivity contribution in [3.8, 4) is 0 Å². The SMILES string of the molecule is CN=C(NCC(C)SC)N1CC[C@@H](NC(=O)OC(C)(C)C)C1.I. The molecule has 2 atom stereocenters. The Morgan fingerprint density at radius 3 is 2.65 bits per heavy atom. The minimum Gasteiger partial charge on any atom is -0.444 e. The summed E-state index contributed by atoms with van der Waals surface area (Å²) >= 11 is 1.82. The summed E-state index contributed by atoms with van der Waals surface area (Å²) in [5, 5.41) is 6.85. The molecule has 23 heavy (non-hydrogen) atoms. The lowest BCUT2D eigenvalue weighted by Crippen LogP contribution is -2.45. The molecule has 0 spiro atoms. The molecule has 8 heteroatoms. The van der Waals surface area contributed by atoms with Crippen molar-refractivity contribution in [2.45, 2.75) is 51.0 Å². The molecule has 1 rings (SSSR count). The van der Waals surface area contributed by atoms with Crippen LogP contribution in [0.5, 0.6) is 0 Å². The van der Waals surface area contributed by atoms with Crippen molar-refractivity contribution < 1.29 is 9.53 Å². The molecule has 1 unspecified atom stereocenters. The van der Waals surface area contributed by atoms with E-state index in [4.69, 9.17) is 4.74 Å². The Labute approximate surface area is 161 Å². The summed E-state index contributed by atoms with van der Waals surface area (Å²) < 4.78 is 5.30. The van der Waals surface area contributed by atoms with Crippen molar-refractivity contribution in [1.29, 1.82) is 0 Å². The van der Waals surface area contributed by atoms with E-state index in [2.05, 4.69) is 33.7 Å². The number of halogens is 1. The summed E-state index contributed by atoms with van der Waals surface area (Å²) in [7, 11) is 1.79. The first-order chi connectivity index (χ1) is 10.2. The lowest BCUT2D eigenvalue weighted by atomic mass is 10.2. The van der Waals surface area contributed by atoms with Crippen molar-refractivity contribution in [2.24, 2.45) is 4.99 Å². The molecule has 1 fully saturated rings. The molecule has 1 saturated heterocycles. The number of likely N-dealkylation sites (tertiary alicyclic amines) is 1. The monoisotopic (exact) mass is 458 g/mol. The van der Waals surface area contributed by atoms with Gasteiger partial charge in [0.1, 0.15) is 5.60 Å². The zero-order valence-electron chi connectivity index (χ0n) is 15.0. The predicted octanol–water partition coefficient (Wildman–Crippen LogP) is 2.53. The van der Waals surface area contributed by atoms with Crippen LogP contribution in [0.15, 0.2) is 4.99 Å². The van der Waals surface area contributed by atoms with Crippen molar-refractivity contribution in [3.05, 3.63) is 0 Å². The third-order valence-corrected chi connectivity index (χ3v) is 4.34. The maximum atomic E-state index is 11.8. The Kier molecular flexibility index (Phi) is 10.3. The third kappa shape index (κ3) is 8.88. The second-order valence-corrected chi connectivity index (χ2v) is 7.83. The molecule has 1 amide bonds. The number of thioether (sulfide) groups is 1. The van der Waals surface area contributed by atoms with Gasteiger partial charge in [-0.25, -0.2) is 4.79 Å². The fraction of sp³-hybridized carbons (Fsp3) is 0.867. The summed E-state index contributed by atoms with van der Waals surface area (Å²) in [4.78, 5) is 18.3. The van der Waals surface area contributed by atoms with Gasteiger partial charge in [0, 0.05) is 31.9 Å². The quantitative estimate of drug-likeness (QED) is 0.385. The van der Waals surface area contributed by atoms with Crippen LogP contribution in [0.4, 0.5) is 4.79 Å². The summed E-state index contributed by atoms with van der Waals surface area (Å²) in [6.07, 6.45) is 2.65. The van der Waals surface area contributed by atoms with E-state index in [1.807, 2.05) is 32.5 Å². The van der Waals surface area contributed by atoms with E-state index in [1.165, 1.54) is 0 Å². The third-order valence-electron chi connectivity index (χ3n) is 3.37. The van der Waals surface area contributed by atoms with Crippen LogP contribution in [0.25, 0.3) is 0 Å². The molecule has 2 N–H and O–H groups in total. The number of carbonyl (C=O) groups excluding carboxylic acids is 1. The highest BCUT2D eigenvalue weighted by molar-refractivity contribution is 14.0. The Hall–Kier alpha value is -0.380. The number of nitrogens with one attached hydrogen (secondary N) is 2. The Morgan fingerprint density at radius 2 is 2.13 bits per heavy atom. The molecule has 0 bridgehead atoms. The van der Waals surface area contributed by atoms with E-state index in [0.717, 1.165) is 32.0 Å². The second-order valence-electron chi connectivity index (χ2n) is 6.55. The van der Waals surface area contributed by atoms with Gasteiger partial charge in [0.2, 0.25) is 0 Å². The zero-order valence-corrected chi connectivity index (χ0v) is 18.2. The average Bonchev–Trinajstić information content (AvgIpc) is 2.85. The minimum absolute atomic E-state index is 0. The van der Waals surface area contributed by atoms with Crippen molar-refractivity contribution in [2.75, 3.05) is 32.9 Å². The highest BCUT2D eigenvalue weighted by Gasteiger charge is 2.27. The lowest BCUT2D eigenvalue weighted by Gasteiger charge is -2.24. The fourth-order valence-electron chi connectivity index (χ4n) is 2.20. The summed E-state index contributed by atoms with van der Waals surface area (Å²) in [6, 6.07) is 0.103. The highest BCUT2D eigenvalue weighted by Crippen LogP contribution is 2.12. The molecule has 0 saturated carbocycles. The predicted molar refractivity (Wildman–Crippen MR) is 109 cm³/mol. The number of ether oxygens (including phenoxy) is 1. The molecule has 0 aliphatic carbocycles. The smallest absolute Gasteiger partial charge is 0.407 e. The molecular formula is C15H31IN4O2S. The molecule has 136 valence electrons. The van der Waals surface area contributed by atoms with Crippen LogP contribution in [-0.4, -0.2) is 66.8 Å². The average molecular weight is 458 g/mol. The van der Waals surface area contributed by atoms with Crippen LogP contribution < -0.4 is 10.6 Å². The van der Waals surface area contributed by atoms with Crippen LogP contribution in [0.3, 0.4) is 0 Å². The summed E-state index contributed by atoms with van der Waals surface area (Å²) in [5.41, 5.74) is -0.464. The number of aliphatic imine (C=N–C) groups is 1. The first-order valence-electron chi connectivity index (χ1n) is 7.73. The molecule has 0 aromatic carbocycles. The number of amides is 1. The minimum atomic E-state index is -0.464. The number of rotatable bonds is 4. The fourth-order valence-corrected chi connectivity index (χ4v) is 2.45. The molecule has 1 aliphatic rings. The van der Waals surface area contributed by atoms with Gasteiger partial charge in [-0.2, -0.15) is 11.8 Å². The number of carbonyl (C=O) groups is 1. The van der Waals surface area contributed by atoms with E-state index in [9.17, 15) is 4.79 Å². The summed E-state index contributed by atoms with van der Waals surface area (Å²) in [6.45, 7) is 10.3. The highest BCUT2D eigenvalue weighted by atomic mass is 127. The molecule has 6 nitrogen and oxygen atoms in total. The topological polar surface area (TPSA) is 66.0 Å².